The molecule has 0 radical (unpaired) electrons. The Kier molecular flexibility index (Phi) is 5.49. The fourth-order valence-corrected chi connectivity index (χ4v) is 3.52. The SMILES string of the molecule is Cc1cc(C)c(CNc2cc(-c3cc(Cl)cc(C(=O)O)c3Cl)n(C)n2)c(=O)[nH]1. The molecule has 0 saturated carbocycles. The third kappa shape index (κ3) is 3.90. The molecule has 0 aliphatic heterocycles. The van der Waals surface area contributed by atoms with Gasteiger partial charge >= 0.3 is 5.97 Å². The van der Waals surface area contributed by atoms with E-state index in [-0.39, 0.29) is 21.2 Å². The Morgan fingerprint density at radius 3 is 2.61 bits per heavy atom. The lowest BCUT2D eigenvalue weighted by Gasteiger charge is -2.08. The van der Waals surface area contributed by atoms with Crippen molar-refractivity contribution in [2.45, 2.75) is 20.4 Å². The maximum atomic E-state index is 12.2. The Hall–Kier alpha value is -2.77. The second kappa shape index (κ2) is 7.69. The van der Waals surface area contributed by atoms with Gasteiger partial charge in [0.05, 0.1) is 16.3 Å². The number of pyridine rings is 1. The maximum Gasteiger partial charge on any atom is 0.337 e. The van der Waals surface area contributed by atoms with Crippen LogP contribution in [0.15, 0.2) is 29.1 Å². The molecule has 0 fully saturated rings. The standard InChI is InChI=1S/C19H18Cl2N4O3/c1-9-4-10(2)23-18(26)14(9)8-22-16-7-15(25(3)24-16)12-5-11(20)6-13(17(12)21)19(27)28/h4-7H,8H2,1-3H3,(H,22,24)(H,23,26)(H,27,28). The molecule has 2 aromatic heterocycles. The molecule has 0 spiro atoms. The van der Waals surface area contributed by atoms with Crippen LogP contribution in [0.1, 0.15) is 27.2 Å². The van der Waals surface area contributed by atoms with Gasteiger partial charge in [0.25, 0.3) is 5.56 Å². The summed E-state index contributed by atoms with van der Waals surface area (Å²) in [4.78, 5) is 26.3. The zero-order chi connectivity index (χ0) is 20.6. The zero-order valence-electron chi connectivity index (χ0n) is 15.4. The number of carboxylic acid groups (broad SMARTS) is 1. The van der Waals surface area contributed by atoms with Gasteiger partial charge in [0.1, 0.15) is 5.82 Å². The number of hydrogen-bond donors (Lipinski definition) is 3. The third-order valence-electron chi connectivity index (χ3n) is 4.36. The Balaban J connectivity index is 1.93. The Labute approximate surface area is 170 Å². The number of benzene rings is 1. The highest BCUT2D eigenvalue weighted by molar-refractivity contribution is 6.38. The van der Waals surface area contributed by atoms with E-state index in [4.69, 9.17) is 23.2 Å². The lowest BCUT2D eigenvalue weighted by molar-refractivity contribution is 0.0697. The smallest absolute Gasteiger partial charge is 0.337 e. The number of aromatic amines is 1. The number of rotatable bonds is 5. The van der Waals surface area contributed by atoms with Gasteiger partial charge in [0.2, 0.25) is 0 Å². The topological polar surface area (TPSA) is 100 Å². The number of aromatic nitrogens is 3. The van der Waals surface area contributed by atoms with Gasteiger partial charge in [-0.3, -0.25) is 9.48 Å². The van der Waals surface area contributed by atoms with Crippen LogP contribution in [0.5, 0.6) is 0 Å². The summed E-state index contributed by atoms with van der Waals surface area (Å²) in [7, 11) is 1.71. The minimum atomic E-state index is -1.16. The Bertz CT molecular complexity index is 1130. The van der Waals surface area contributed by atoms with Crippen LogP contribution in [-0.4, -0.2) is 25.8 Å². The summed E-state index contributed by atoms with van der Waals surface area (Å²) in [5, 5.41) is 17.1. The minimum Gasteiger partial charge on any atom is -0.478 e. The minimum absolute atomic E-state index is 0.0808. The monoisotopic (exact) mass is 420 g/mol. The predicted molar refractivity (Wildman–Crippen MR) is 109 cm³/mol. The summed E-state index contributed by atoms with van der Waals surface area (Å²) < 4.78 is 1.57. The van der Waals surface area contributed by atoms with E-state index >= 15 is 0 Å². The molecular weight excluding hydrogens is 403 g/mol. The van der Waals surface area contributed by atoms with Crippen LogP contribution in [-0.2, 0) is 13.6 Å². The highest BCUT2D eigenvalue weighted by Gasteiger charge is 2.18. The van der Waals surface area contributed by atoms with Crippen LogP contribution in [0.4, 0.5) is 5.82 Å². The van der Waals surface area contributed by atoms with Crippen molar-refractivity contribution in [2.75, 3.05) is 5.32 Å². The molecule has 0 unspecified atom stereocenters. The molecule has 0 bridgehead atoms. The van der Waals surface area contributed by atoms with E-state index in [1.165, 1.54) is 6.07 Å². The normalized spacial score (nSPS) is 10.9. The summed E-state index contributed by atoms with van der Waals surface area (Å²) >= 11 is 12.3. The number of H-pyrrole nitrogens is 1. The molecule has 3 rings (SSSR count). The van der Waals surface area contributed by atoms with E-state index in [1.807, 2.05) is 19.9 Å². The first kappa shape index (κ1) is 20.0. The lowest BCUT2D eigenvalue weighted by Crippen LogP contribution is -2.18. The van der Waals surface area contributed by atoms with Gasteiger partial charge in [0.15, 0.2) is 0 Å². The van der Waals surface area contributed by atoms with E-state index in [0.717, 1.165) is 11.3 Å². The second-order valence-electron chi connectivity index (χ2n) is 6.46. The van der Waals surface area contributed by atoms with Gasteiger partial charge in [-0.1, -0.05) is 23.2 Å². The van der Waals surface area contributed by atoms with E-state index in [0.29, 0.717) is 29.2 Å². The molecule has 0 aliphatic carbocycles. The number of carbonyl (C=O) groups is 1. The summed E-state index contributed by atoms with van der Waals surface area (Å²) in [6.45, 7) is 4.00. The molecule has 0 aliphatic rings. The quantitative estimate of drug-likeness (QED) is 0.578. The molecule has 0 atom stereocenters. The molecule has 3 N–H and O–H groups in total. The van der Waals surface area contributed by atoms with Crippen molar-refractivity contribution in [3.8, 4) is 11.3 Å². The van der Waals surface area contributed by atoms with Crippen molar-refractivity contribution in [3.63, 3.8) is 0 Å². The number of carboxylic acids is 1. The average molecular weight is 421 g/mol. The fourth-order valence-electron chi connectivity index (χ4n) is 3.02. The van der Waals surface area contributed by atoms with E-state index < -0.39 is 5.97 Å². The molecule has 2 heterocycles. The van der Waals surface area contributed by atoms with Gasteiger partial charge < -0.3 is 15.4 Å². The maximum absolute atomic E-state index is 12.2. The van der Waals surface area contributed by atoms with Crippen molar-refractivity contribution < 1.29 is 9.90 Å². The van der Waals surface area contributed by atoms with Gasteiger partial charge in [-0.05, 0) is 37.6 Å². The fraction of sp³-hybridized carbons (Fsp3) is 0.211. The van der Waals surface area contributed by atoms with Gasteiger partial charge in [-0.2, -0.15) is 5.10 Å². The third-order valence-corrected chi connectivity index (χ3v) is 4.99. The number of anilines is 1. The Morgan fingerprint density at radius 1 is 1.25 bits per heavy atom. The molecule has 7 nitrogen and oxygen atoms in total. The molecule has 146 valence electrons. The van der Waals surface area contributed by atoms with Crippen LogP contribution in [0.2, 0.25) is 10.0 Å². The van der Waals surface area contributed by atoms with Crippen molar-refractivity contribution in [3.05, 3.63) is 67.0 Å². The average Bonchev–Trinajstić information content (AvgIpc) is 2.96. The summed E-state index contributed by atoms with van der Waals surface area (Å²) in [6, 6.07) is 6.52. The molecule has 28 heavy (non-hydrogen) atoms. The largest absolute Gasteiger partial charge is 0.478 e. The van der Waals surface area contributed by atoms with Gasteiger partial charge in [-0.15, -0.1) is 0 Å². The van der Waals surface area contributed by atoms with Crippen molar-refractivity contribution >= 4 is 35.0 Å². The summed E-state index contributed by atoms with van der Waals surface area (Å²) in [5.74, 6) is -0.645. The highest BCUT2D eigenvalue weighted by Crippen LogP contribution is 2.34. The van der Waals surface area contributed by atoms with Crippen LogP contribution in [0.3, 0.4) is 0 Å². The number of aryl methyl sites for hydroxylation is 3. The predicted octanol–water partition coefficient (Wildman–Crippen LogP) is 4.01. The van der Waals surface area contributed by atoms with Crippen molar-refractivity contribution in [1.29, 1.82) is 0 Å². The van der Waals surface area contributed by atoms with Gasteiger partial charge in [-0.25, -0.2) is 4.79 Å². The number of nitrogens with zero attached hydrogens (tertiary/aromatic N) is 2. The van der Waals surface area contributed by atoms with Crippen LogP contribution in [0.25, 0.3) is 11.3 Å². The van der Waals surface area contributed by atoms with Crippen LogP contribution < -0.4 is 10.9 Å². The lowest BCUT2D eigenvalue weighted by atomic mass is 10.1. The first-order chi connectivity index (χ1) is 13.2. The number of halogens is 2. The van der Waals surface area contributed by atoms with Crippen LogP contribution >= 0.6 is 23.2 Å². The van der Waals surface area contributed by atoms with Crippen molar-refractivity contribution in [1.82, 2.24) is 14.8 Å². The first-order valence-electron chi connectivity index (χ1n) is 8.37. The van der Waals surface area contributed by atoms with Crippen molar-refractivity contribution in [2.24, 2.45) is 7.05 Å². The second-order valence-corrected chi connectivity index (χ2v) is 7.27. The molecule has 0 amide bonds. The summed E-state index contributed by atoms with van der Waals surface area (Å²) in [5.41, 5.74) is 3.12. The van der Waals surface area contributed by atoms with E-state index in [1.54, 1.807) is 23.9 Å². The highest BCUT2D eigenvalue weighted by atomic mass is 35.5. The van der Waals surface area contributed by atoms with Gasteiger partial charge in [0, 0.05) is 41.5 Å². The zero-order valence-corrected chi connectivity index (χ0v) is 16.9. The number of nitrogens with one attached hydrogen (secondary N) is 2. The molecule has 0 saturated heterocycles. The number of aromatic carboxylic acids is 1. The van der Waals surface area contributed by atoms with E-state index in [9.17, 15) is 14.7 Å². The molecule has 9 heteroatoms. The molecule has 3 aromatic rings. The summed E-state index contributed by atoms with van der Waals surface area (Å²) in [6.07, 6.45) is 0. The molecule has 1 aromatic carbocycles. The molecular formula is C19H18Cl2N4O3. The van der Waals surface area contributed by atoms with Crippen LogP contribution in [0, 0.1) is 13.8 Å². The Morgan fingerprint density at radius 2 is 1.96 bits per heavy atom. The number of hydrogen-bond acceptors (Lipinski definition) is 4. The van der Waals surface area contributed by atoms with E-state index in [2.05, 4.69) is 15.4 Å². The first-order valence-corrected chi connectivity index (χ1v) is 9.13.